The van der Waals surface area contributed by atoms with Gasteiger partial charge in [0.2, 0.25) is 0 Å². The Hall–Kier alpha value is -2.49. The second-order valence-corrected chi connectivity index (χ2v) is 4.52. The van der Waals surface area contributed by atoms with Crippen molar-refractivity contribution in [3.05, 3.63) is 54.1 Å². The van der Waals surface area contributed by atoms with E-state index in [4.69, 9.17) is 10.2 Å². The molecule has 1 heterocycles. The number of nitrogens with one attached hydrogen (secondary N) is 1. The molecule has 3 aromatic rings. The number of nitrogens with zero attached hydrogens (tertiary/aromatic N) is 1. The van der Waals surface area contributed by atoms with Gasteiger partial charge in [0, 0.05) is 11.8 Å². The van der Waals surface area contributed by atoms with Gasteiger partial charge in [0.1, 0.15) is 5.52 Å². The normalized spacial score (nSPS) is 12.5. The summed E-state index contributed by atoms with van der Waals surface area (Å²) in [5.74, 6) is 0. The number of anilines is 2. The van der Waals surface area contributed by atoms with Gasteiger partial charge in [0.25, 0.3) is 6.01 Å². The van der Waals surface area contributed by atoms with Crippen LogP contribution < -0.4 is 11.1 Å². The molecule has 4 nitrogen and oxygen atoms in total. The zero-order chi connectivity index (χ0) is 13.2. The highest BCUT2D eigenvalue weighted by atomic mass is 16.4. The molecule has 19 heavy (non-hydrogen) atoms. The second kappa shape index (κ2) is 4.65. The summed E-state index contributed by atoms with van der Waals surface area (Å²) in [6.07, 6.45) is 0. The fourth-order valence-corrected chi connectivity index (χ4v) is 2.01. The molecule has 4 heteroatoms. The Kier molecular flexibility index (Phi) is 2.83. The average molecular weight is 253 g/mol. The molecule has 0 aliphatic rings. The first-order chi connectivity index (χ1) is 9.22. The van der Waals surface area contributed by atoms with Crippen molar-refractivity contribution in [2.75, 3.05) is 11.1 Å². The van der Waals surface area contributed by atoms with Crippen LogP contribution in [-0.2, 0) is 0 Å². The maximum atomic E-state index is 5.72. The van der Waals surface area contributed by atoms with Gasteiger partial charge >= 0.3 is 0 Å². The molecule has 2 aromatic carbocycles. The van der Waals surface area contributed by atoms with E-state index in [-0.39, 0.29) is 6.04 Å². The number of aromatic nitrogens is 1. The zero-order valence-electron chi connectivity index (χ0n) is 10.6. The predicted molar refractivity (Wildman–Crippen MR) is 76.9 cm³/mol. The van der Waals surface area contributed by atoms with E-state index in [1.807, 2.05) is 30.3 Å². The highest BCUT2D eigenvalue weighted by Crippen LogP contribution is 2.24. The van der Waals surface area contributed by atoms with Crippen LogP contribution in [0.25, 0.3) is 11.1 Å². The lowest BCUT2D eigenvalue weighted by atomic mass is 10.1. The molecular weight excluding hydrogens is 238 g/mol. The summed E-state index contributed by atoms with van der Waals surface area (Å²) in [4.78, 5) is 4.39. The van der Waals surface area contributed by atoms with Crippen LogP contribution in [0.15, 0.2) is 52.9 Å². The number of fused-ring (bicyclic) bond motifs is 1. The highest BCUT2D eigenvalue weighted by molar-refractivity contribution is 5.78. The average Bonchev–Trinajstić information content (AvgIpc) is 2.81. The summed E-state index contributed by atoms with van der Waals surface area (Å²) >= 11 is 0. The van der Waals surface area contributed by atoms with Crippen molar-refractivity contribution in [2.45, 2.75) is 13.0 Å². The molecule has 0 amide bonds. The molecule has 3 N–H and O–H groups in total. The summed E-state index contributed by atoms with van der Waals surface area (Å²) in [5.41, 5.74) is 9.07. The minimum atomic E-state index is 0.131. The van der Waals surface area contributed by atoms with Crippen molar-refractivity contribution in [3.8, 4) is 0 Å². The summed E-state index contributed by atoms with van der Waals surface area (Å²) in [6, 6.07) is 16.3. The lowest BCUT2D eigenvalue weighted by Gasteiger charge is -2.11. The van der Waals surface area contributed by atoms with Crippen molar-refractivity contribution in [1.29, 1.82) is 0 Å². The third kappa shape index (κ3) is 2.38. The molecule has 0 spiro atoms. The number of hydrogen-bond donors (Lipinski definition) is 2. The molecular formula is C15H15N3O. The van der Waals surface area contributed by atoms with Gasteiger partial charge in [0.05, 0.1) is 6.04 Å². The molecule has 0 saturated carbocycles. The SMILES string of the molecule is CC(Nc1nc2ccc(N)cc2o1)c1ccccc1. The third-order valence-electron chi connectivity index (χ3n) is 3.05. The first-order valence-electron chi connectivity index (χ1n) is 6.20. The molecule has 0 fully saturated rings. The number of rotatable bonds is 3. The van der Waals surface area contributed by atoms with Crippen molar-refractivity contribution < 1.29 is 4.42 Å². The largest absolute Gasteiger partial charge is 0.423 e. The van der Waals surface area contributed by atoms with Crippen molar-refractivity contribution in [1.82, 2.24) is 4.98 Å². The van der Waals surface area contributed by atoms with Crippen LogP contribution in [0.1, 0.15) is 18.5 Å². The minimum Gasteiger partial charge on any atom is -0.423 e. The number of oxazole rings is 1. The molecule has 1 atom stereocenters. The lowest BCUT2D eigenvalue weighted by molar-refractivity contribution is 0.604. The predicted octanol–water partition coefficient (Wildman–Crippen LogP) is 3.58. The van der Waals surface area contributed by atoms with Gasteiger partial charge in [-0.2, -0.15) is 4.98 Å². The first-order valence-corrected chi connectivity index (χ1v) is 6.20. The summed E-state index contributed by atoms with van der Waals surface area (Å²) in [6.45, 7) is 2.07. The Labute approximate surface area is 111 Å². The van der Waals surface area contributed by atoms with Gasteiger partial charge in [-0.15, -0.1) is 0 Å². The quantitative estimate of drug-likeness (QED) is 0.700. The molecule has 96 valence electrons. The molecule has 1 unspecified atom stereocenters. The number of hydrogen-bond acceptors (Lipinski definition) is 4. The molecule has 0 saturated heterocycles. The van der Waals surface area contributed by atoms with Gasteiger partial charge in [-0.05, 0) is 24.6 Å². The van der Waals surface area contributed by atoms with Crippen LogP contribution in [0, 0.1) is 0 Å². The second-order valence-electron chi connectivity index (χ2n) is 4.52. The van der Waals surface area contributed by atoms with Crippen LogP contribution in [0.5, 0.6) is 0 Å². The van der Waals surface area contributed by atoms with Gasteiger partial charge < -0.3 is 15.5 Å². The van der Waals surface area contributed by atoms with E-state index in [9.17, 15) is 0 Å². The van der Waals surface area contributed by atoms with Crippen molar-refractivity contribution >= 4 is 22.8 Å². The molecule has 0 aliphatic carbocycles. The molecule has 3 rings (SSSR count). The standard InChI is InChI=1S/C15H15N3O/c1-10(11-5-3-2-4-6-11)17-15-18-13-8-7-12(16)9-14(13)19-15/h2-10H,16H2,1H3,(H,17,18). The van der Waals surface area contributed by atoms with Crippen LogP contribution in [0.4, 0.5) is 11.7 Å². The Morgan fingerprint density at radius 3 is 2.74 bits per heavy atom. The summed E-state index contributed by atoms with van der Waals surface area (Å²) in [7, 11) is 0. The Morgan fingerprint density at radius 1 is 1.16 bits per heavy atom. The van der Waals surface area contributed by atoms with Gasteiger partial charge in [-0.25, -0.2) is 0 Å². The first kappa shape index (κ1) is 11.6. The molecule has 1 aromatic heterocycles. The maximum Gasteiger partial charge on any atom is 0.296 e. The van der Waals surface area contributed by atoms with Crippen molar-refractivity contribution in [2.24, 2.45) is 0 Å². The van der Waals surface area contributed by atoms with E-state index in [2.05, 4.69) is 29.4 Å². The van der Waals surface area contributed by atoms with Crippen LogP contribution in [0.3, 0.4) is 0 Å². The molecule has 0 bridgehead atoms. The van der Waals surface area contributed by atoms with E-state index >= 15 is 0 Å². The van der Waals surface area contributed by atoms with E-state index in [0.717, 1.165) is 5.52 Å². The summed E-state index contributed by atoms with van der Waals surface area (Å²) in [5, 5.41) is 3.25. The smallest absolute Gasteiger partial charge is 0.296 e. The van der Waals surface area contributed by atoms with Gasteiger partial charge in [-0.3, -0.25) is 0 Å². The van der Waals surface area contributed by atoms with Crippen molar-refractivity contribution in [3.63, 3.8) is 0 Å². The number of nitrogens with two attached hydrogens (primary N) is 1. The maximum absolute atomic E-state index is 5.72. The lowest BCUT2D eigenvalue weighted by Crippen LogP contribution is -2.06. The fraction of sp³-hybridized carbons (Fsp3) is 0.133. The van der Waals surface area contributed by atoms with E-state index in [1.165, 1.54) is 5.56 Å². The molecule has 0 radical (unpaired) electrons. The van der Waals surface area contributed by atoms with Gasteiger partial charge in [-0.1, -0.05) is 30.3 Å². The van der Waals surface area contributed by atoms with E-state index < -0.39 is 0 Å². The van der Waals surface area contributed by atoms with Crippen LogP contribution in [-0.4, -0.2) is 4.98 Å². The Balaban J connectivity index is 1.85. The highest BCUT2D eigenvalue weighted by Gasteiger charge is 2.10. The summed E-state index contributed by atoms with van der Waals surface area (Å²) < 4.78 is 5.64. The van der Waals surface area contributed by atoms with Crippen LogP contribution in [0.2, 0.25) is 0 Å². The van der Waals surface area contributed by atoms with Gasteiger partial charge in [0.15, 0.2) is 5.58 Å². The van der Waals surface area contributed by atoms with Crippen LogP contribution >= 0.6 is 0 Å². The monoisotopic (exact) mass is 253 g/mol. The van der Waals surface area contributed by atoms with E-state index in [0.29, 0.717) is 17.3 Å². The third-order valence-corrected chi connectivity index (χ3v) is 3.05. The minimum absolute atomic E-state index is 0.131. The Morgan fingerprint density at radius 2 is 1.95 bits per heavy atom. The fourth-order valence-electron chi connectivity index (χ4n) is 2.01. The number of nitrogen functional groups attached to an aromatic ring is 1. The topological polar surface area (TPSA) is 64.1 Å². The van der Waals surface area contributed by atoms with E-state index in [1.54, 1.807) is 6.07 Å². The Bertz CT molecular complexity index is 691. The number of benzene rings is 2. The molecule has 0 aliphatic heterocycles. The zero-order valence-corrected chi connectivity index (χ0v) is 10.6.